The summed E-state index contributed by atoms with van der Waals surface area (Å²) in [5.41, 5.74) is 1.03. The highest BCUT2D eigenvalue weighted by Crippen LogP contribution is 2.34. The second kappa shape index (κ2) is 6.13. The van der Waals surface area contributed by atoms with Gasteiger partial charge in [0.15, 0.2) is 5.11 Å². The minimum atomic E-state index is -0.674. The third-order valence-electron chi connectivity index (χ3n) is 3.15. The second-order valence-electron chi connectivity index (χ2n) is 5.12. The van der Waals surface area contributed by atoms with Gasteiger partial charge in [0.2, 0.25) is 0 Å². The van der Waals surface area contributed by atoms with E-state index in [1.807, 2.05) is 0 Å². The summed E-state index contributed by atoms with van der Waals surface area (Å²) in [6, 6.07) is 6.29. The Morgan fingerprint density at radius 3 is 2.71 bits per heavy atom. The average molecular weight is 306 g/mol. The Hall–Kier alpha value is -2.08. The molecule has 1 aromatic carbocycles. The average Bonchev–Trinajstić information content (AvgIpc) is 2.37. The molecule has 0 amide bonds. The molecule has 0 radical (unpaired) electrons. The van der Waals surface area contributed by atoms with Crippen LogP contribution in [0.3, 0.4) is 0 Å². The predicted molar refractivity (Wildman–Crippen MR) is 83.6 cm³/mol. The van der Waals surface area contributed by atoms with Gasteiger partial charge in [0.05, 0.1) is 12.1 Å². The van der Waals surface area contributed by atoms with Crippen molar-refractivity contribution < 1.29 is 14.6 Å². The van der Waals surface area contributed by atoms with Crippen LogP contribution in [0.1, 0.15) is 25.5 Å². The number of aromatic hydroxyl groups is 1. The summed E-state index contributed by atoms with van der Waals surface area (Å²) in [7, 11) is 0. The Balaban J connectivity index is 2.38. The number of carbonyl (C=O) groups is 1. The van der Waals surface area contributed by atoms with Crippen molar-refractivity contribution in [3.63, 3.8) is 0 Å². The lowest BCUT2D eigenvalue weighted by molar-refractivity contribution is -0.152. The zero-order valence-electron chi connectivity index (χ0n) is 11.9. The Bertz CT molecular complexity index is 586. The molecule has 0 bridgehead atoms. The summed E-state index contributed by atoms with van der Waals surface area (Å²) >= 11 is 5.11. The fraction of sp³-hybridized carbons (Fsp3) is 0.333. The molecule has 1 aromatic rings. The van der Waals surface area contributed by atoms with Crippen molar-refractivity contribution in [1.29, 1.82) is 0 Å². The number of rotatable bonds is 3. The summed E-state index contributed by atoms with van der Waals surface area (Å²) in [5.74, 6) is -0.993. The number of hydrogen-bond donors (Lipinski definition) is 3. The number of hydrogen-bond acceptors (Lipinski definition) is 4. The van der Waals surface area contributed by atoms with Gasteiger partial charge in [-0.3, -0.25) is 4.79 Å². The maximum absolute atomic E-state index is 12.3. The van der Waals surface area contributed by atoms with Crippen molar-refractivity contribution >= 4 is 23.3 Å². The molecule has 0 spiro atoms. The van der Waals surface area contributed by atoms with Crippen LogP contribution in [0.4, 0.5) is 0 Å². The molecule has 1 aliphatic rings. The summed E-state index contributed by atoms with van der Waals surface area (Å²) < 4.78 is 5.28. The van der Waals surface area contributed by atoms with E-state index in [0.717, 1.165) is 0 Å². The smallest absolute Gasteiger partial charge is 0.317 e. The van der Waals surface area contributed by atoms with Crippen LogP contribution in [0.5, 0.6) is 5.75 Å². The van der Waals surface area contributed by atoms with Crippen molar-refractivity contribution in [1.82, 2.24) is 10.6 Å². The number of phenols is 1. The maximum Gasteiger partial charge on any atom is 0.317 e. The highest BCUT2D eigenvalue weighted by Gasteiger charge is 2.39. The summed E-state index contributed by atoms with van der Waals surface area (Å²) in [4.78, 5) is 12.3. The van der Waals surface area contributed by atoms with Gasteiger partial charge < -0.3 is 20.5 Å². The quantitative estimate of drug-likeness (QED) is 0.586. The molecule has 6 heteroatoms. The number of thiocarbonyl (C=S) groups is 1. The fourth-order valence-corrected chi connectivity index (χ4v) is 2.54. The normalized spacial score (nSPS) is 21.7. The van der Waals surface area contributed by atoms with Gasteiger partial charge in [0, 0.05) is 11.3 Å². The molecular formula is C15H18N2O3S. The largest absolute Gasteiger partial charge is 0.508 e. The van der Waals surface area contributed by atoms with E-state index in [9.17, 15) is 9.90 Å². The van der Waals surface area contributed by atoms with Gasteiger partial charge >= 0.3 is 5.97 Å². The molecule has 112 valence electrons. The first-order chi connectivity index (χ1) is 9.90. The van der Waals surface area contributed by atoms with Gasteiger partial charge in [0.1, 0.15) is 11.7 Å². The lowest BCUT2D eigenvalue weighted by Crippen LogP contribution is -2.51. The molecule has 2 atom stereocenters. The van der Waals surface area contributed by atoms with Gasteiger partial charge in [0.25, 0.3) is 0 Å². The highest BCUT2D eigenvalue weighted by atomic mass is 32.1. The molecule has 2 rings (SSSR count). The first-order valence-corrected chi connectivity index (χ1v) is 7.05. The molecule has 0 saturated carbocycles. The molecule has 1 heterocycles. The van der Waals surface area contributed by atoms with Crippen LogP contribution >= 0.6 is 12.2 Å². The van der Waals surface area contributed by atoms with Gasteiger partial charge in [-0.15, -0.1) is 0 Å². The molecule has 5 nitrogen and oxygen atoms in total. The molecule has 0 aliphatic carbocycles. The van der Waals surface area contributed by atoms with E-state index in [1.54, 1.807) is 38.1 Å². The number of nitrogens with one attached hydrogen (secondary N) is 2. The van der Waals surface area contributed by atoms with Crippen molar-refractivity contribution in [3.05, 3.63) is 42.1 Å². The van der Waals surface area contributed by atoms with Crippen LogP contribution < -0.4 is 10.6 Å². The third kappa shape index (κ3) is 3.33. The minimum Gasteiger partial charge on any atom is -0.508 e. The third-order valence-corrected chi connectivity index (χ3v) is 3.37. The zero-order chi connectivity index (χ0) is 15.6. The van der Waals surface area contributed by atoms with Crippen molar-refractivity contribution in [2.75, 3.05) is 0 Å². The predicted octanol–water partition coefficient (Wildman–Crippen LogP) is 1.99. The van der Waals surface area contributed by atoms with Gasteiger partial charge in [-0.2, -0.15) is 0 Å². The molecule has 0 aromatic heterocycles. The first kappa shape index (κ1) is 15.3. The van der Waals surface area contributed by atoms with Gasteiger partial charge in [-0.05, 0) is 32.1 Å². The number of esters is 1. The summed E-state index contributed by atoms with van der Waals surface area (Å²) in [6.07, 6.45) is -0.232. The first-order valence-electron chi connectivity index (χ1n) is 6.65. The lowest BCUT2D eigenvalue weighted by atomic mass is 9.88. The monoisotopic (exact) mass is 306 g/mol. The van der Waals surface area contributed by atoms with Crippen LogP contribution in [0.25, 0.3) is 0 Å². The van der Waals surface area contributed by atoms with Crippen molar-refractivity contribution in [2.45, 2.75) is 26.0 Å². The van der Waals surface area contributed by atoms with E-state index in [4.69, 9.17) is 17.0 Å². The van der Waals surface area contributed by atoms with E-state index in [-0.39, 0.29) is 11.9 Å². The topological polar surface area (TPSA) is 70.6 Å². The van der Waals surface area contributed by atoms with Crippen LogP contribution in [0.2, 0.25) is 0 Å². The Kier molecular flexibility index (Phi) is 4.47. The number of benzene rings is 1. The van der Waals surface area contributed by atoms with E-state index in [2.05, 4.69) is 17.2 Å². The number of para-hydroxylation sites is 1. The van der Waals surface area contributed by atoms with Crippen molar-refractivity contribution in [2.24, 2.45) is 5.92 Å². The van der Waals surface area contributed by atoms with Crippen LogP contribution in [-0.2, 0) is 9.53 Å². The number of phenolic OH excluding ortho intramolecular Hbond substituents is 1. The standard InChI is InChI=1S/C15H18N2O3S/c1-8(2)20-14(19)12-9(3)16-15(21)17-13(12)10-6-4-5-7-11(10)18/h4-8,12-13,18H,3H2,1-2H3,(H2,16,17,21). The zero-order valence-corrected chi connectivity index (χ0v) is 12.7. The lowest BCUT2D eigenvalue weighted by Gasteiger charge is -2.35. The number of carbonyl (C=O) groups excluding carboxylic acids is 1. The van der Waals surface area contributed by atoms with Gasteiger partial charge in [-0.1, -0.05) is 24.8 Å². The Morgan fingerprint density at radius 1 is 1.43 bits per heavy atom. The van der Waals surface area contributed by atoms with Crippen LogP contribution in [0, 0.1) is 5.92 Å². The maximum atomic E-state index is 12.3. The molecule has 21 heavy (non-hydrogen) atoms. The highest BCUT2D eigenvalue weighted by molar-refractivity contribution is 7.80. The van der Waals surface area contributed by atoms with E-state index in [1.165, 1.54) is 0 Å². The Morgan fingerprint density at radius 2 is 2.10 bits per heavy atom. The molecule has 3 N–H and O–H groups in total. The molecular weight excluding hydrogens is 288 g/mol. The number of ether oxygens (including phenoxy) is 1. The molecule has 1 aliphatic heterocycles. The molecule has 1 fully saturated rings. The molecule has 2 unspecified atom stereocenters. The fourth-order valence-electron chi connectivity index (χ4n) is 2.28. The molecule has 1 saturated heterocycles. The minimum absolute atomic E-state index is 0.0925. The van der Waals surface area contributed by atoms with E-state index in [0.29, 0.717) is 16.4 Å². The second-order valence-corrected chi connectivity index (χ2v) is 5.53. The van der Waals surface area contributed by atoms with E-state index < -0.39 is 17.9 Å². The summed E-state index contributed by atoms with van der Waals surface area (Å²) in [5, 5.41) is 16.2. The van der Waals surface area contributed by atoms with Crippen LogP contribution in [-0.4, -0.2) is 22.3 Å². The van der Waals surface area contributed by atoms with E-state index >= 15 is 0 Å². The van der Waals surface area contributed by atoms with Crippen molar-refractivity contribution in [3.8, 4) is 5.75 Å². The SMILES string of the molecule is C=C1NC(=S)NC(c2ccccc2O)C1C(=O)OC(C)C. The Labute approximate surface area is 129 Å². The summed E-state index contributed by atoms with van der Waals surface area (Å²) in [6.45, 7) is 7.42. The van der Waals surface area contributed by atoms with Gasteiger partial charge in [-0.25, -0.2) is 0 Å². The van der Waals surface area contributed by atoms with Crippen LogP contribution in [0.15, 0.2) is 36.5 Å².